The van der Waals surface area contributed by atoms with Gasteiger partial charge in [-0.2, -0.15) is 0 Å². The number of aryl methyl sites for hydroxylation is 1. The van der Waals surface area contributed by atoms with Crippen molar-refractivity contribution < 1.29 is 4.92 Å². The number of nitro benzene ring substituents is 1. The van der Waals surface area contributed by atoms with Gasteiger partial charge < -0.3 is 11.5 Å². The Labute approximate surface area is 81.9 Å². The molecule has 1 aromatic rings. The van der Waals surface area contributed by atoms with Crippen LogP contribution in [0.25, 0.3) is 0 Å². The van der Waals surface area contributed by atoms with Gasteiger partial charge in [0.25, 0.3) is 5.69 Å². The molecule has 0 heterocycles. The third-order valence-corrected chi connectivity index (χ3v) is 2.03. The van der Waals surface area contributed by atoms with E-state index in [0.29, 0.717) is 5.56 Å². The molecule has 0 aliphatic rings. The van der Waals surface area contributed by atoms with Crippen molar-refractivity contribution in [1.29, 1.82) is 0 Å². The second-order valence-electron chi connectivity index (χ2n) is 3.16. The highest BCUT2D eigenvalue weighted by Gasteiger charge is 2.17. The molecule has 5 heteroatoms. The topological polar surface area (TPSA) is 95.2 Å². The quantitative estimate of drug-likeness (QED) is 0.552. The molecule has 0 aromatic heterocycles. The van der Waals surface area contributed by atoms with Crippen molar-refractivity contribution in [2.45, 2.75) is 13.0 Å². The Bertz CT molecular complexity index is 352. The third kappa shape index (κ3) is 2.07. The van der Waals surface area contributed by atoms with Crippen LogP contribution >= 0.6 is 0 Å². The highest BCUT2D eigenvalue weighted by Crippen LogP contribution is 2.24. The first-order valence-electron chi connectivity index (χ1n) is 4.27. The maximum Gasteiger partial charge on any atom is 0.274 e. The molecule has 0 spiro atoms. The Balaban J connectivity index is 3.22. The summed E-state index contributed by atoms with van der Waals surface area (Å²) in [6, 6.07) is 4.37. The number of nitrogens with zero attached hydrogens (tertiary/aromatic N) is 1. The lowest BCUT2D eigenvalue weighted by Crippen LogP contribution is -2.21. The fraction of sp³-hybridized carbons (Fsp3) is 0.333. The maximum atomic E-state index is 10.7. The summed E-state index contributed by atoms with van der Waals surface area (Å²) in [7, 11) is 0. The lowest BCUT2D eigenvalue weighted by atomic mass is 10.0. The van der Waals surface area contributed by atoms with E-state index in [2.05, 4.69) is 0 Å². The molecule has 1 aromatic carbocycles. The monoisotopic (exact) mass is 195 g/mol. The summed E-state index contributed by atoms with van der Waals surface area (Å²) >= 11 is 0. The van der Waals surface area contributed by atoms with Crippen LogP contribution < -0.4 is 11.5 Å². The average molecular weight is 195 g/mol. The van der Waals surface area contributed by atoms with E-state index >= 15 is 0 Å². The summed E-state index contributed by atoms with van der Waals surface area (Å²) in [5.41, 5.74) is 12.5. The zero-order valence-electron chi connectivity index (χ0n) is 7.93. The van der Waals surface area contributed by atoms with E-state index < -0.39 is 11.0 Å². The Hall–Kier alpha value is -1.46. The SMILES string of the molecule is Cc1ccc([N+](=O)[O-])c([C@@H](N)CN)c1. The number of hydrogen-bond donors (Lipinski definition) is 2. The summed E-state index contributed by atoms with van der Waals surface area (Å²) in [4.78, 5) is 10.2. The van der Waals surface area contributed by atoms with Crippen molar-refractivity contribution in [2.24, 2.45) is 11.5 Å². The van der Waals surface area contributed by atoms with E-state index in [1.165, 1.54) is 6.07 Å². The summed E-state index contributed by atoms with van der Waals surface area (Å²) in [6.45, 7) is 2.06. The second-order valence-corrected chi connectivity index (χ2v) is 3.16. The van der Waals surface area contributed by atoms with Gasteiger partial charge in [-0.3, -0.25) is 10.1 Å². The molecule has 0 unspecified atom stereocenters. The largest absolute Gasteiger partial charge is 0.329 e. The van der Waals surface area contributed by atoms with Gasteiger partial charge in [0.05, 0.1) is 4.92 Å². The normalized spacial score (nSPS) is 12.5. The predicted octanol–water partition coefficient (Wildman–Crippen LogP) is 0.862. The van der Waals surface area contributed by atoms with Gasteiger partial charge in [0.1, 0.15) is 0 Å². The number of hydrogen-bond acceptors (Lipinski definition) is 4. The highest BCUT2D eigenvalue weighted by molar-refractivity contribution is 5.44. The Kier molecular flexibility index (Phi) is 3.16. The van der Waals surface area contributed by atoms with Crippen molar-refractivity contribution in [3.8, 4) is 0 Å². The molecular formula is C9H13N3O2. The molecule has 0 bridgehead atoms. The summed E-state index contributed by atoms with van der Waals surface area (Å²) in [6.07, 6.45) is 0. The van der Waals surface area contributed by atoms with Gasteiger partial charge in [-0.1, -0.05) is 11.6 Å². The predicted molar refractivity (Wildman–Crippen MR) is 53.8 cm³/mol. The minimum absolute atomic E-state index is 0.0357. The maximum absolute atomic E-state index is 10.7. The van der Waals surface area contributed by atoms with Crippen LogP contribution in [-0.4, -0.2) is 11.5 Å². The zero-order chi connectivity index (χ0) is 10.7. The zero-order valence-corrected chi connectivity index (χ0v) is 7.93. The van der Waals surface area contributed by atoms with Gasteiger partial charge in [0.2, 0.25) is 0 Å². The summed E-state index contributed by atoms with van der Waals surface area (Å²) < 4.78 is 0. The van der Waals surface area contributed by atoms with Crippen LogP contribution in [0, 0.1) is 17.0 Å². The van der Waals surface area contributed by atoms with Crippen molar-refractivity contribution >= 4 is 5.69 Å². The highest BCUT2D eigenvalue weighted by atomic mass is 16.6. The number of nitrogens with two attached hydrogens (primary N) is 2. The number of rotatable bonds is 3. The Morgan fingerprint density at radius 1 is 1.57 bits per heavy atom. The van der Waals surface area contributed by atoms with Gasteiger partial charge in [-0.25, -0.2) is 0 Å². The van der Waals surface area contributed by atoms with E-state index in [0.717, 1.165) is 5.56 Å². The van der Waals surface area contributed by atoms with Crippen molar-refractivity contribution in [3.63, 3.8) is 0 Å². The van der Waals surface area contributed by atoms with Crippen LogP contribution in [0.15, 0.2) is 18.2 Å². The first kappa shape index (κ1) is 10.6. The molecule has 1 rings (SSSR count). The van der Waals surface area contributed by atoms with Crippen molar-refractivity contribution in [2.75, 3.05) is 6.54 Å². The van der Waals surface area contributed by atoms with E-state index in [1.807, 2.05) is 6.92 Å². The molecule has 0 amide bonds. The lowest BCUT2D eigenvalue weighted by Gasteiger charge is -2.10. The van der Waals surface area contributed by atoms with E-state index in [1.54, 1.807) is 12.1 Å². The van der Waals surface area contributed by atoms with Gasteiger partial charge in [0, 0.05) is 24.2 Å². The van der Waals surface area contributed by atoms with Gasteiger partial charge >= 0.3 is 0 Å². The first-order valence-corrected chi connectivity index (χ1v) is 4.27. The number of benzene rings is 1. The summed E-state index contributed by atoms with van der Waals surface area (Å²) in [5, 5.41) is 10.7. The molecule has 4 N–H and O–H groups in total. The molecule has 0 saturated heterocycles. The molecule has 0 fully saturated rings. The standard InChI is InChI=1S/C9H13N3O2/c1-6-2-3-9(12(13)14)7(4-6)8(11)5-10/h2-4,8H,5,10-11H2,1H3/t8-/m0/s1. The fourth-order valence-corrected chi connectivity index (χ4v) is 1.26. The molecule has 1 atom stereocenters. The van der Waals surface area contributed by atoms with Crippen molar-refractivity contribution in [3.05, 3.63) is 39.4 Å². The van der Waals surface area contributed by atoms with Crippen LogP contribution in [0.1, 0.15) is 17.2 Å². The summed E-state index contributed by atoms with van der Waals surface area (Å²) in [5.74, 6) is 0. The molecule has 5 nitrogen and oxygen atoms in total. The average Bonchev–Trinajstić information content (AvgIpc) is 2.16. The first-order chi connectivity index (χ1) is 6.56. The van der Waals surface area contributed by atoms with Gasteiger partial charge in [0.15, 0.2) is 0 Å². The van der Waals surface area contributed by atoms with Crippen LogP contribution in [0.5, 0.6) is 0 Å². The molecular weight excluding hydrogens is 182 g/mol. The van der Waals surface area contributed by atoms with E-state index in [9.17, 15) is 10.1 Å². The van der Waals surface area contributed by atoms with Crippen LogP contribution in [0.4, 0.5) is 5.69 Å². The van der Waals surface area contributed by atoms with Crippen molar-refractivity contribution in [1.82, 2.24) is 0 Å². The Morgan fingerprint density at radius 3 is 2.71 bits per heavy atom. The van der Waals surface area contributed by atoms with Gasteiger partial charge in [-0.15, -0.1) is 0 Å². The molecule has 0 aliphatic heterocycles. The molecule has 76 valence electrons. The van der Waals surface area contributed by atoms with E-state index in [4.69, 9.17) is 11.5 Å². The Morgan fingerprint density at radius 2 is 2.21 bits per heavy atom. The number of nitro groups is 1. The minimum Gasteiger partial charge on any atom is -0.329 e. The molecule has 0 radical (unpaired) electrons. The second kappa shape index (κ2) is 4.17. The molecule has 14 heavy (non-hydrogen) atoms. The minimum atomic E-state index is -0.477. The fourth-order valence-electron chi connectivity index (χ4n) is 1.26. The van der Waals surface area contributed by atoms with Crippen LogP contribution in [0.2, 0.25) is 0 Å². The lowest BCUT2D eigenvalue weighted by molar-refractivity contribution is -0.385. The van der Waals surface area contributed by atoms with Gasteiger partial charge in [-0.05, 0) is 13.0 Å². The van der Waals surface area contributed by atoms with E-state index in [-0.39, 0.29) is 12.2 Å². The van der Waals surface area contributed by atoms with Crippen LogP contribution in [-0.2, 0) is 0 Å². The molecule has 0 aliphatic carbocycles. The third-order valence-electron chi connectivity index (χ3n) is 2.03. The smallest absolute Gasteiger partial charge is 0.274 e. The van der Waals surface area contributed by atoms with Crippen LogP contribution in [0.3, 0.4) is 0 Å². The molecule has 0 saturated carbocycles.